The summed E-state index contributed by atoms with van der Waals surface area (Å²) in [6.45, 7) is 0.677. The molecule has 4 aromatic rings. The number of thioether (sulfide) groups is 1. The summed E-state index contributed by atoms with van der Waals surface area (Å²) in [5.74, 6) is 2.97. The van der Waals surface area contributed by atoms with Crippen molar-refractivity contribution in [2.24, 2.45) is 0 Å². The van der Waals surface area contributed by atoms with Crippen LogP contribution < -0.4 is 14.5 Å². The number of para-hydroxylation sites is 2. The number of rotatable bonds is 6. The third-order valence-electron chi connectivity index (χ3n) is 6.52. The van der Waals surface area contributed by atoms with Crippen molar-refractivity contribution in [1.82, 2.24) is 0 Å². The summed E-state index contributed by atoms with van der Waals surface area (Å²) in [7, 11) is 0. The van der Waals surface area contributed by atoms with Crippen molar-refractivity contribution in [3.05, 3.63) is 126 Å². The van der Waals surface area contributed by atoms with Crippen LogP contribution in [0.4, 0.5) is 11.4 Å². The highest BCUT2D eigenvalue weighted by molar-refractivity contribution is 8.00. The largest absolute Gasteiger partial charge is 0.489 e. The van der Waals surface area contributed by atoms with E-state index in [1.807, 2.05) is 83.4 Å². The topological polar surface area (TPSA) is 32.8 Å². The summed E-state index contributed by atoms with van der Waals surface area (Å²) in [6, 6.07) is 36.6. The molecule has 0 aromatic heterocycles. The van der Waals surface area contributed by atoms with Crippen LogP contribution in [0.2, 0.25) is 0 Å². The zero-order valence-corrected chi connectivity index (χ0v) is 20.1. The van der Waals surface area contributed by atoms with Crippen molar-refractivity contribution in [2.45, 2.75) is 18.8 Å². The first-order valence-corrected chi connectivity index (χ1v) is 13.1. The van der Waals surface area contributed by atoms with E-state index in [4.69, 9.17) is 4.74 Å². The van der Waals surface area contributed by atoms with Crippen molar-refractivity contribution in [3.8, 4) is 5.75 Å². The van der Waals surface area contributed by atoms with Gasteiger partial charge in [-0.15, -0.1) is 0 Å². The fraction of sp³-hybridized carbons (Fsp3) is 0.167. The molecule has 1 amide bonds. The maximum absolute atomic E-state index is 13.9. The van der Waals surface area contributed by atoms with Crippen LogP contribution in [0.1, 0.15) is 27.7 Å². The van der Waals surface area contributed by atoms with Gasteiger partial charge in [-0.3, -0.25) is 9.69 Å². The lowest BCUT2D eigenvalue weighted by atomic mass is 9.99. The van der Waals surface area contributed by atoms with Gasteiger partial charge in [-0.25, -0.2) is 0 Å². The zero-order chi connectivity index (χ0) is 23.6. The van der Waals surface area contributed by atoms with Gasteiger partial charge in [-0.1, -0.05) is 72.8 Å². The van der Waals surface area contributed by atoms with Gasteiger partial charge >= 0.3 is 0 Å². The third-order valence-corrected chi connectivity index (χ3v) is 7.74. The number of hydrogen-bond acceptors (Lipinski definition) is 4. The van der Waals surface area contributed by atoms with Gasteiger partial charge in [0.15, 0.2) is 0 Å². The molecular formula is C30H26N2O2S. The molecule has 1 saturated heterocycles. The van der Waals surface area contributed by atoms with E-state index in [-0.39, 0.29) is 12.1 Å². The monoisotopic (exact) mass is 478 g/mol. The minimum Gasteiger partial charge on any atom is -0.489 e. The van der Waals surface area contributed by atoms with E-state index >= 15 is 0 Å². The molecule has 0 spiro atoms. The van der Waals surface area contributed by atoms with Crippen LogP contribution in [-0.2, 0) is 6.54 Å². The van der Waals surface area contributed by atoms with E-state index in [1.165, 1.54) is 5.56 Å². The Kier molecular flexibility index (Phi) is 5.93. The third kappa shape index (κ3) is 4.28. The standard InChI is InChI=1S/C30H26N2O2S/c33-30-27-13-7-8-14-28(27)31(19-22-9-3-1-4-10-22)29(32(30)24-11-5-2-6-12-24)23-15-17-25(18-16-23)34-26-20-35-21-26/h1-18,26,29H,19-21H2/t29-/m1/s1. The number of hydrogen-bond donors (Lipinski definition) is 0. The Hall–Kier alpha value is -3.70. The molecule has 174 valence electrons. The molecule has 5 heteroatoms. The smallest absolute Gasteiger partial charge is 0.262 e. The SMILES string of the molecule is O=C1c2ccccc2N(Cc2ccccc2)[C@@H](c2ccc(OC3CSC3)cc2)N1c1ccccc1. The molecule has 0 aliphatic carbocycles. The summed E-state index contributed by atoms with van der Waals surface area (Å²) in [4.78, 5) is 18.2. The highest BCUT2D eigenvalue weighted by Crippen LogP contribution is 2.42. The van der Waals surface area contributed by atoms with Crippen LogP contribution in [0.5, 0.6) is 5.75 Å². The van der Waals surface area contributed by atoms with Crippen LogP contribution >= 0.6 is 11.8 Å². The fourth-order valence-corrected chi connectivity index (χ4v) is 5.30. The molecule has 2 aliphatic heterocycles. The molecule has 0 bridgehead atoms. The average Bonchev–Trinajstić information content (AvgIpc) is 2.89. The molecule has 6 rings (SSSR count). The number of amides is 1. The Morgan fingerprint density at radius 3 is 2.11 bits per heavy atom. The predicted octanol–water partition coefficient (Wildman–Crippen LogP) is 6.55. The van der Waals surface area contributed by atoms with Gasteiger partial charge in [0.05, 0.1) is 11.3 Å². The second kappa shape index (κ2) is 9.51. The first-order valence-electron chi connectivity index (χ1n) is 11.9. The van der Waals surface area contributed by atoms with Crippen molar-refractivity contribution < 1.29 is 9.53 Å². The molecule has 0 N–H and O–H groups in total. The lowest BCUT2D eigenvalue weighted by molar-refractivity contribution is 0.0968. The molecule has 2 aliphatic rings. The van der Waals surface area contributed by atoms with Gasteiger partial charge in [0.1, 0.15) is 18.0 Å². The van der Waals surface area contributed by atoms with E-state index in [1.54, 1.807) is 0 Å². The Morgan fingerprint density at radius 1 is 0.771 bits per heavy atom. The number of ether oxygens (including phenoxy) is 1. The number of fused-ring (bicyclic) bond motifs is 1. The maximum Gasteiger partial charge on any atom is 0.262 e. The van der Waals surface area contributed by atoms with Gasteiger partial charge in [-0.2, -0.15) is 11.8 Å². The van der Waals surface area contributed by atoms with E-state index in [2.05, 4.69) is 47.4 Å². The summed E-state index contributed by atoms with van der Waals surface area (Å²) >= 11 is 1.91. The highest BCUT2D eigenvalue weighted by Gasteiger charge is 2.39. The second-order valence-electron chi connectivity index (χ2n) is 8.86. The highest BCUT2D eigenvalue weighted by atomic mass is 32.2. The molecule has 1 fully saturated rings. The van der Waals surface area contributed by atoms with E-state index in [9.17, 15) is 4.79 Å². The van der Waals surface area contributed by atoms with Crippen LogP contribution in [0, 0.1) is 0 Å². The van der Waals surface area contributed by atoms with Crippen molar-refractivity contribution in [1.29, 1.82) is 0 Å². The van der Waals surface area contributed by atoms with Crippen molar-refractivity contribution in [3.63, 3.8) is 0 Å². The van der Waals surface area contributed by atoms with E-state index in [0.29, 0.717) is 18.2 Å². The first kappa shape index (κ1) is 21.8. The molecule has 0 unspecified atom stereocenters. The molecule has 35 heavy (non-hydrogen) atoms. The number of anilines is 2. The lowest BCUT2D eigenvalue weighted by Gasteiger charge is -2.46. The summed E-state index contributed by atoms with van der Waals surface area (Å²) in [5, 5.41) is 0. The number of nitrogens with zero attached hydrogens (tertiary/aromatic N) is 2. The molecule has 0 radical (unpaired) electrons. The first-order chi connectivity index (χ1) is 17.3. The molecular weight excluding hydrogens is 452 g/mol. The zero-order valence-electron chi connectivity index (χ0n) is 19.3. The minimum atomic E-state index is -0.298. The van der Waals surface area contributed by atoms with E-state index < -0.39 is 0 Å². The van der Waals surface area contributed by atoms with Gasteiger partial charge in [0.2, 0.25) is 0 Å². The van der Waals surface area contributed by atoms with Crippen LogP contribution in [-0.4, -0.2) is 23.5 Å². The van der Waals surface area contributed by atoms with Crippen molar-refractivity contribution in [2.75, 3.05) is 21.3 Å². The Bertz CT molecular complexity index is 1310. The number of benzene rings is 4. The molecule has 0 saturated carbocycles. The van der Waals surface area contributed by atoms with Gasteiger partial charge in [0.25, 0.3) is 5.91 Å². The Balaban J connectivity index is 1.47. The average molecular weight is 479 g/mol. The summed E-state index contributed by atoms with van der Waals surface area (Å²) in [5.41, 5.74) is 4.78. The Morgan fingerprint density at radius 2 is 1.43 bits per heavy atom. The lowest BCUT2D eigenvalue weighted by Crippen LogP contribution is -2.49. The molecule has 4 nitrogen and oxygen atoms in total. The van der Waals surface area contributed by atoms with Gasteiger partial charge < -0.3 is 9.64 Å². The molecule has 4 aromatic carbocycles. The van der Waals surface area contributed by atoms with Crippen LogP contribution in [0.3, 0.4) is 0 Å². The van der Waals surface area contributed by atoms with E-state index in [0.717, 1.165) is 34.2 Å². The van der Waals surface area contributed by atoms with Gasteiger partial charge in [0, 0.05) is 23.7 Å². The van der Waals surface area contributed by atoms with Gasteiger partial charge in [-0.05, 0) is 47.5 Å². The number of carbonyl (C=O) groups excluding carboxylic acids is 1. The minimum absolute atomic E-state index is 0.00734. The molecule has 2 heterocycles. The second-order valence-corrected chi connectivity index (χ2v) is 9.94. The predicted molar refractivity (Wildman–Crippen MR) is 143 cm³/mol. The quantitative estimate of drug-likeness (QED) is 0.315. The number of carbonyl (C=O) groups is 1. The maximum atomic E-state index is 13.9. The summed E-state index contributed by atoms with van der Waals surface area (Å²) in [6.07, 6.45) is -0.00213. The summed E-state index contributed by atoms with van der Waals surface area (Å²) < 4.78 is 6.09. The fourth-order valence-electron chi connectivity index (χ4n) is 4.74. The van der Waals surface area contributed by atoms with Crippen LogP contribution in [0.25, 0.3) is 0 Å². The van der Waals surface area contributed by atoms with Crippen molar-refractivity contribution >= 4 is 29.0 Å². The Labute approximate surface area is 210 Å². The normalized spacial score (nSPS) is 17.6. The molecule has 1 atom stereocenters. The van der Waals surface area contributed by atoms with Crippen LogP contribution in [0.15, 0.2) is 109 Å².